The van der Waals surface area contributed by atoms with Crippen LogP contribution in [0.3, 0.4) is 0 Å². The second-order valence-corrected chi connectivity index (χ2v) is 16.4. The zero-order valence-corrected chi connectivity index (χ0v) is 32.5. The summed E-state index contributed by atoms with van der Waals surface area (Å²) >= 11 is 0. The number of benzene rings is 2. The van der Waals surface area contributed by atoms with Crippen molar-refractivity contribution in [2.75, 3.05) is 0 Å². The Bertz CT molecular complexity index is 1160. The van der Waals surface area contributed by atoms with Gasteiger partial charge in [-0.25, -0.2) is 0 Å². The first-order chi connectivity index (χ1) is 23.5. The molecular weight excluding hydrogens is 609 g/mol. The predicted octanol–water partition coefficient (Wildman–Crippen LogP) is 14.9. The smallest absolute Gasteiger partial charge is 0.282 e. The molecule has 2 aromatic rings. The molecule has 1 N–H and O–H groups in total. The molecule has 0 saturated carbocycles. The van der Waals surface area contributed by atoms with Gasteiger partial charge in [-0.3, -0.25) is 4.55 Å². The minimum absolute atomic E-state index is 0.0382. The number of rotatable bonds is 33. The molecule has 0 saturated heterocycles. The lowest BCUT2D eigenvalue weighted by Crippen LogP contribution is -2.02. The van der Waals surface area contributed by atoms with Crippen LogP contribution in [0.1, 0.15) is 218 Å². The summed E-state index contributed by atoms with van der Waals surface area (Å²) in [6.45, 7) is 4.57. The first kappa shape index (κ1) is 42.8. The van der Waals surface area contributed by atoms with Crippen molar-refractivity contribution in [3.63, 3.8) is 0 Å². The van der Waals surface area contributed by atoms with E-state index in [-0.39, 0.29) is 4.90 Å². The van der Waals surface area contributed by atoms with Crippen LogP contribution in [0.4, 0.5) is 0 Å². The standard InChI is InChI=1S/C44H76O3S/c1-3-5-7-9-11-13-15-17-19-21-23-25-27-29-31-34-40-38-42-36-33-37-44(48(45,46)47)43(42)39-41(40)35-32-30-28-26-24-22-20-18-16-14-12-10-8-6-4-2/h33,36-39H,3-32,34-35H2,1-2H3,(H,45,46,47). The molecule has 2 rings (SSSR count). The Balaban J connectivity index is 1.68. The molecule has 0 bridgehead atoms. The van der Waals surface area contributed by atoms with Gasteiger partial charge in [-0.2, -0.15) is 8.42 Å². The lowest BCUT2D eigenvalue weighted by Gasteiger charge is -2.14. The van der Waals surface area contributed by atoms with Gasteiger partial charge >= 0.3 is 0 Å². The van der Waals surface area contributed by atoms with Gasteiger partial charge in [0.25, 0.3) is 10.1 Å². The van der Waals surface area contributed by atoms with Crippen LogP contribution in [0, 0.1) is 0 Å². The minimum Gasteiger partial charge on any atom is -0.282 e. The molecular formula is C44H76O3S. The summed E-state index contributed by atoms with van der Waals surface area (Å²) < 4.78 is 34.2. The Morgan fingerprint density at radius 3 is 1.08 bits per heavy atom. The molecule has 276 valence electrons. The van der Waals surface area contributed by atoms with E-state index < -0.39 is 10.1 Å². The van der Waals surface area contributed by atoms with Gasteiger partial charge in [0.1, 0.15) is 4.90 Å². The van der Waals surface area contributed by atoms with E-state index in [1.54, 1.807) is 6.07 Å². The van der Waals surface area contributed by atoms with Crippen molar-refractivity contribution in [1.82, 2.24) is 0 Å². The minimum atomic E-state index is -4.25. The fourth-order valence-electron chi connectivity index (χ4n) is 7.45. The van der Waals surface area contributed by atoms with Gasteiger partial charge in [0.15, 0.2) is 0 Å². The number of hydrogen-bond donors (Lipinski definition) is 1. The molecule has 0 aliphatic carbocycles. The molecule has 0 aliphatic heterocycles. The fourth-order valence-corrected chi connectivity index (χ4v) is 8.16. The molecule has 3 nitrogen and oxygen atoms in total. The molecule has 0 heterocycles. The Hall–Kier alpha value is -1.39. The van der Waals surface area contributed by atoms with E-state index in [9.17, 15) is 13.0 Å². The van der Waals surface area contributed by atoms with Gasteiger partial charge in [0.05, 0.1) is 0 Å². The second kappa shape index (κ2) is 28.3. The molecule has 0 aliphatic rings. The van der Waals surface area contributed by atoms with Crippen molar-refractivity contribution in [2.45, 2.75) is 224 Å². The van der Waals surface area contributed by atoms with Crippen molar-refractivity contribution in [1.29, 1.82) is 0 Å². The molecule has 2 aromatic carbocycles. The highest BCUT2D eigenvalue weighted by Gasteiger charge is 2.16. The Morgan fingerprint density at radius 2 is 0.750 bits per heavy atom. The van der Waals surface area contributed by atoms with E-state index in [4.69, 9.17) is 0 Å². The van der Waals surface area contributed by atoms with Crippen LogP contribution in [-0.2, 0) is 23.0 Å². The number of fused-ring (bicyclic) bond motifs is 1. The summed E-state index contributed by atoms with van der Waals surface area (Å²) in [7, 11) is -4.25. The zero-order valence-electron chi connectivity index (χ0n) is 31.7. The van der Waals surface area contributed by atoms with Crippen LogP contribution in [-0.4, -0.2) is 13.0 Å². The summed E-state index contributed by atoms with van der Waals surface area (Å²) in [4.78, 5) is 0.0382. The monoisotopic (exact) mass is 685 g/mol. The summed E-state index contributed by atoms with van der Waals surface area (Å²) in [6.07, 6.45) is 43.0. The van der Waals surface area contributed by atoms with Crippen molar-refractivity contribution < 1.29 is 13.0 Å². The number of aryl methyl sites for hydroxylation is 2. The van der Waals surface area contributed by atoms with Crippen molar-refractivity contribution >= 4 is 20.9 Å². The maximum absolute atomic E-state index is 12.1. The summed E-state index contributed by atoms with van der Waals surface area (Å²) in [5.74, 6) is 0. The van der Waals surface area contributed by atoms with E-state index in [1.807, 2.05) is 6.07 Å². The van der Waals surface area contributed by atoms with Crippen LogP contribution in [0.5, 0.6) is 0 Å². The third-order valence-corrected chi connectivity index (χ3v) is 11.4. The first-order valence-corrected chi connectivity index (χ1v) is 22.4. The van der Waals surface area contributed by atoms with E-state index in [2.05, 4.69) is 26.0 Å². The molecule has 4 heteroatoms. The lowest BCUT2D eigenvalue weighted by molar-refractivity contribution is 0.484. The van der Waals surface area contributed by atoms with Crippen LogP contribution in [0.15, 0.2) is 35.2 Å². The summed E-state index contributed by atoms with van der Waals surface area (Å²) in [5, 5.41) is 1.58. The zero-order chi connectivity index (χ0) is 34.5. The molecule has 0 aromatic heterocycles. The molecule has 0 fully saturated rings. The molecule has 0 atom stereocenters. The normalized spacial score (nSPS) is 12.0. The van der Waals surface area contributed by atoms with Gasteiger partial charge in [-0.15, -0.1) is 0 Å². The van der Waals surface area contributed by atoms with E-state index in [0.29, 0.717) is 5.39 Å². The van der Waals surface area contributed by atoms with Crippen LogP contribution in [0.25, 0.3) is 10.8 Å². The highest BCUT2D eigenvalue weighted by atomic mass is 32.2. The average Bonchev–Trinajstić information content (AvgIpc) is 3.07. The highest BCUT2D eigenvalue weighted by molar-refractivity contribution is 7.86. The Kier molecular flexibility index (Phi) is 25.2. The van der Waals surface area contributed by atoms with E-state index in [1.165, 1.54) is 203 Å². The highest BCUT2D eigenvalue weighted by Crippen LogP contribution is 2.29. The third kappa shape index (κ3) is 20.3. The molecule has 0 spiro atoms. The van der Waals surface area contributed by atoms with Gasteiger partial charge in [0.2, 0.25) is 0 Å². The van der Waals surface area contributed by atoms with Gasteiger partial charge < -0.3 is 0 Å². The van der Waals surface area contributed by atoms with Crippen molar-refractivity contribution in [3.8, 4) is 0 Å². The van der Waals surface area contributed by atoms with Crippen molar-refractivity contribution in [3.05, 3.63) is 41.5 Å². The Labute approximate surface area is 298 Å². The maximum Gasteiger partial charge on any atom is 0.295 e. The summed E-state index contributed by atoms with van der Waals surface area (Å²) in [5.41, 5.74) is 2.65. The summed E-state index contributed by atoms with van der Waals surface area (Å²) in [6, 6.07) is 9.54. The largest absolute Gasteiger partial charge is 0.295 e. The molecule has 0 unspecified atom stereocenters. The third-order valence-electron chi connectivity index (χ3n) is 10.5. The first-order valence-electron chi connectivity index (χ1n) is 21.0. The number of hydrogen-bond acceptors (Lipinski definition) is 2. The van der Waals surface area contributed by atoms with Gasteiger partial charge in [-0.1, -0.05) is 212 Å². The van der Waals surface area contributed by atoms with Gasteiger partial charge in [0, 0.05) is 5.39 Å². The van der Waals surface area contributed by atoms with E-state index in [0.717, 1.165) is 24.6 Å². The molecule has 0 radical (unpaired) electrons. The molecule has 48 heavy (non-hydrogen) atoms. The average molecular weight is 685 g/mol. The Morgan fingerprint density at radius 1 is 0.438 bits per heavy atom. The predicted molar refractivity (Wildman–Crippen MR) is 211 cm³/mol. The SMILES string of the molecule is CCCCCCCCCCCCCCCCCc1cc2cccc(S(=O)(=O)O)c2cc1CCCCCCCCCCCCCCCCC. The second-order valence-electron chi connectivity index (χ2n) is 15.0. The molecule has 0 amide bonds. The topological polar surface area (TPSA) is 54.4 Å². The quantitative estimate of drug-likeness (QED) is 0.0601. The van der Waals surface area contributed by atoms with Crippen LogP contribution >= 0.6 is 0 Å². The fraction of sp³-hybridized carbons (Fsp3) is 0.773. The van der Waals surface area contributed by atoms with Crippen molar-refractivity contribution in [2.24, 2.45) is 0 Å². The lowest BCUT2D eigenvalue weighted by atomic mass is 9.93. The maximum atomic E-state index is 12.1. The van der Waals surface area contributed by atoms with Crippen LogP contribution < -0.4 is 0 Å². The van der Waals surface area contributed by atoms with E-state index >= 15 is 0 Å². The van der Waals surface area contributed by atoms with Gasteiger partial charge in [-0.05, 0) is 54.3 Å². The number of unbranched alkanes of at least 4 members (excludes halogenated alkanes) is 28. The van der Waals surface area contributed by atoms with Crippen LogP contribution in [0.2, 0.25) is 0 Å².